The average Bonchev–Trinajstić information content (AvgIpc) is 3.51. The van der Waals surface area contributed by atoms with Crippen LogP contribution >= 0.6 is 0 Å². The van der Waals surface area contributed by atoms with Crippen molar-refractivity contribution in [1.29, 1.82) is 0 Å². The summed E-state index contributed by atoms with van der Waals surface area (Å²) >= 11 is 0. The van der Waals surface area contributed by atoms with Gasteiger partial charge in [-0.05, 0) is 19.3 Å². The number of carbonyl (C=O) groups excluding carboxylic acids is 1. The predicted octanol–water partition coefficient (Wildman–Crippen LogP) is 8.50. The Morgan fingerprint density at radius 3 is 1.11 bits per heavy atom. The fraction of sp³-hybridized carbons (Fsp3) is 0.955. The van der Waals surface area contributed by atoms with Crippen LogP contribution in [0.25, 0.3) is 0 Å². The molecule has 3 saturated heterocycles. The van der Waals surface area contributed by atoms with Gasteiger partial charge in [0.1, 0.15) is 73.2 Å². The molecule has 3 rings (SSSR count). The van der Waals surface area contributed by atoms with Crippen LogP contribution in [0.3, 0.4) is 0 Å². The molecule has 0 aromatic rings. The third kappa shape index (κ3) is 31.9. The van der Waals surface area contributed by atoms with Crippen LogP contribution in [0.5, 0.6) is 0 Å². The first-order valence-corrected chi connectivity index (χ1v) is 34.4. The molecule has 502 valence electrons. The van der Waals surface area contributed by atoms with E-state index in [-0.39, 0.29) is 18.9 Å². The number of hydrogen-bond donors (Lipinski definition) is 12. The lowest BCUT2D eigenvalue weighted by atomic mass is 9.96. The first kappa shape index (κ1) is 77.8. The maximum Gasteiger partial charge on any atom is 0.220 e. The zero-order chi connectivity index (χ0) is 61.9. The van der Waals surface area contributed by atoms with Gasteiger partial charge in [0.05, 0.1) is 38.6 Å². The molecule has 0 aromatic heterocycles. The van der Waals surface area contributed by atoms with Crippen LogP contribution < -0.4 is 5.32 Å². The van der Waals surface area contributed by atoms with Gasteiger partial charge < -0.3 is 89.9 Å². The van der Waals surface area contributed by atoms with Crippen molar-refractivity contribution in [1.82, 2.24) is 5.32 Å². The Hall–Kier alpha value is -1.47. The van der Waals surface area contributed by atoms with Gasteiger partial charge in [-0.1, -0.05) is 257 Å². The van der Waals surface area contributed by atoms with Crippen molar-refractivity contribution in [2.75, 3.05) is 26.4 Å². The number of hydrogen-bond acceptors (Lipinski definition) is 18. The van der Waals surface area contributed by atoms with Crippen LogP contribution in [0.15, 0.2) is 12.2 Å². The highest BCUT2D eigenvalue weighted by atomic mass is 16.8. The molecule has 0 radical (unpaired) electrons. The fourth-order valence-corrected chi connectivity index (χ4v) is 12.0. The normalized spacial score (nSPS) is 29.0. The lowest BCUT2D eigenvalue weighted by Gasteiger charge is -2.48. The molecule has 0 saturated carbocycles. The van der Waals surface area contributed by atoms with Gasteiger partial charge in [-0.15, -0.1) is 0 Å². The molecule has 0 aromatic carbocycles. The van der Waals surface area contributed by atoms with Crippen molar-refractivity contribution in [3.63, 3.8) is 0 Å². The second kappa shape index (κ2) is 49.3. The Balaban J connectivity index is 1.45. The second-order valence-corrected chi connectivity index (χ2v) is 25.0. The van der Waals surface area contributed by atoms with Crippen molar-refractivity contribution in [2.45, 2.75) is 375 Å². The molecule has 3 heterocycles. The predicted molar refractivity (Wildman–Crippen MR) is 328 cm³/mol. The van der Waals surface area contributed by atoms with Gasteiger partial charge in [0, 0.05) is 6.42 Å². The minimum absolute atomic E-state index is 0.250. The average molecular weight is 1220 g/mol. The molecule has 0 spiro atoms. The molecule has 3 fully saturated rings. The van der Waals surface area contributed by atoms with Gasteiger partial charge in [-0.25, -0.2) is 0 Å². The Labute approximate surface area is 512 Å². The second-order valence-electron chi connectivity index (χ2n) is 25.0. The maximum absolute atomic E-state index is 13.4. The van der Waals surface area contributed by atoms with Gasteiger partial charge in [0.2, 0.25) is 5.91 Å². The van der Waals surface area contributed by atoms with Crippen LogP contribution in [0, 0.1) is 0 Å². The number of unbranched alkanes of at least 4 members (excludes halogenated alkanes) is 37. The highest BCUT2D eigenvalue weighted by Gasteiger charge is 2.53. The summed E-state index contributed by atoms with van der Waals surface area (Å²) in [6.07, 6.45) is 26.1. The van der Waals surface area contributed by atoms with Crippen molar-refractivity contribution < 1.29 is 89.4 Å². The summed E-state index contributed by atoms with van der Waals surface area (Å²) in [4.78, 5) is 13.4. The highest BCUT2D eigenvalue weighted by molar-refractivity contribution is 5.76. The summed E-state index contributed by atoms with van der Waals surface area (Å²) in [6, 6.07) is -0.968. The number of ether oxygens (including phenoxy) is 6. The number of aliphatic hydroxyl groups excluding tert-OH is 11. The van der Waals surface area contributed by atoms with Crippen LogP contribution in [-0.2, 0) is 33.2 Å². The topological polar surface area (TPSA) is 307 Å². The Bertz CT molecular complexity index is 1600. The van der Waals surface area contributed by atoms with Crippen LogP contribution in [0.4, 0.5) is 0 Å². The molecule has 12 N–H and O–H groups in total. The Morgan fingerprint density at radius 2 is 0.729 bits per heavy atom. The summed E-state index contributed by atoms with van der Waals surface area (Å²) in [5, 5.41) is 120. The number of amides is 1. The fourth-order valence-electron chi connectivity index (χ4n) is 12.0. The maximum atomic E-state index is 13.4. The van der Waals surface area contributed by atoms with Gasteiger partial charge in [-0.3, -0.25) is 4.79 Å². The lowest BCUT2D eigenvalue weighted by molar-refractivity contribution is -0.379. The van der Waals surface area contributed by atoms with E-state index in [0.29, 0.717) is 6.42 Å². The first-order valence-electron chi connectivity index (χ1n) is 34.4. The molecule has 0 bridgehead atoms. The molecule has 3 aliphatic rings. The monoisotopic (exact) mass is 1220 g/mol. The van der Waals surface area contributed by atoms with Crippen LogP contribution in [0.1, 0.15) is 271 Å². The van der Waals surface area contributed by atoms with E-state index >= 15 is 0 Å². The molecular weight excluding hydrogens is 1090 g/mol. The molecule has 3 aliphatic heterocycles. The van der Waals surface area contributed by atoms with Crippen molar-refractivity contribution in [3.05, 3.63) is 12.2 Å². The van der Waals surface area contributed by atoms with E-state index in [1.807, 2.05) is 6.08 Å². The van der Waals surface area contributed by atoms with Crippen LogP contribution in [-0.4, -0.2) is 193 Å². The largest absolute Gasteiger partial charge is 0.394 e. The third-order valence-corrected chi connectivity index (χ3v) is 17.6. The number of nitrogens with one attached hydrogen (secondary N) is 1. The smallest absolute Gasteiger partial charge is 0.220 e. The number of allylic oxidation sites excluding steroid dienone is 1. The SMILES string of the molecule is CCCCCCCCCCCCCCCCCCCCC/C=C/C(O)C(COC1OC(CO)C(OC2OC(CO)C(OC3OC(CO)C(O)C(O)C3O)C(O)C2O)C(O)C1O)NC(=O)CCCCCCCCCCCCCCCCCCCCC. The zero-order valence-electron chi connectivity index (χ0n) is 52.9. The van der Waals surface area contributed by atoms with E-state index < -0.39 is 124 Å². The zero-order valence-corrected chi connectivity index (χ0v) is 52.9. The van der Waals surface area contributed by atoms with Gasteiger partial charge >= 0.3 is 0 Å². The van der Waals surface area contributed by atoms with E-state index in [1.165, 1.54) is 199 Å². The molecule has 19 heteroatoms. The van der Waals surface area contributed by atoms with Gasteiger partial charge in [-0.2, -0.15) is 0 Å². The van der Waals surface area contributed by atoms with Gasteiger partial charge in [0.15, 0.2) is 18.9 Å². The van der Waals surface area contributed by atoms with E-state index in [9.17, 15) is 61.0 Å². The highest BCUT2D eigenvalue weighted by Crippen LogP contribution is 2.33. The summed E-state index contributed by atoms with van der Waals surface area (Å²) in [7, 11) is 0. The number of aliphatic hydroxyl groups is 11. The van der Waals surface area contributed by atoms with Crippen molar-refractivity contribution >= 4 is 5.91 Å². The van der Waals surface area contributed by atoms with Gasteiger partial charge in [0.25, 0.3) is 0 Å². The van der Waals surface area contributed by atoms with E-state index in [0.717, 1.165) is 44.9 Å². The number of carbonyl (C=O) groups is 1. The minimum atomic E-state index is -1.98. The quantitative estimate of drug-likeness (QED) is 0.0201. The molecule has 19 nitrogen and oxygen atoms in total. The summed E-state index contributed by atoms with van der Waals surface area (Å²) in [5.74, 6) is -0.270. The molecule has 85 heavy (non-hydrogen) atoms. The minimum Gasteiger partial charge on any atom is -0.394 e. The molecule has 17 unspecified atom stereocenters. The standard InChI is InChI=1S/C66H125NO18/c1-3-5-7-9-11-13-15-17-19-21-23-24-26-27-29-31-33-35-37-39-41-43-50(71)49(67-54(72)44-42-40-38-36-34-32-30-28-25-22-20-18-16-14-12-10-8-6-4-2)48-80-64-60(78)57(75)62(52(46-69)82-64)85-66-61(79)58(76)63(53(47-70)83-66)84-65-59(77)56(74)55(73)51(45-68)81-65/h41,43,49-53,55-66,68-71,73-79H,3-40,42,44-48H2,1-2H3,(H,67,72)/b43-41+. The first-order chi connectivity index (χ1) is 41.3. The van der Waals surface area contributed by atoms with E-state index in [1.54, 1.807) is 6.08 Å². The summed E-state index contributed by atoms with van der Waals surface area (Å²) < 4.78 is 34.4. The Morgan fingerprint density at radius 1 is 0.412 bits per heavy atom. The molecular formula is C66H125NO18. The van der Waals surface area contributed by atoms with E-state index in [2.05, 4.69) is 19.2 Å². The third-order valence-electron chi connectivity index (χ3n) is 17.6. The number of rotatable bonds is 53. The lowest BCUT2D eigenvalue weighted by Crippen LogP contribution is -2.66. The van der Waals surface area contributed by atoms with Crippen molar-refractivity contribution in [3.8, 4) is 0 Å². The van der Waals surface area contributed by atoms with Crippen molar-refractivity contribution in [2.24, 2.45) is 0 Å². The molecule has 0 aliphatic carbocycles. The molecule has 1 amide bonds. The van der Waals surface area contributed by atoms with Crippen LogP contribution in [0.2, 0.25) is 0 Å². The Kier molecular flexibility index (Phi) is 45.1. The summed E-state index contributed by atoms with van der Waals surface area (Å²) in [6.45, 7) is 1.77. The molecule has 17 atom stereocenters. The summed E-state index contributed by atoms with van der Waals surface area (Å²) in [5.41, 5.74) is 0. The van der Waals surface area contributed by atoms with E-state index in [4.69, 9.17) is 28.4 Å².